The van der Waals surface area contributed by atoms with Crippen molar-refractivity contribution in [1.82, 2.24) is 14.8 Å². The number of anilines is 1. The maximum Gasteiger partial charge on any atom is 0.410 e. The van der Waals surface area contributed by atoms with E-state index < -0.39 is 28.0 Å². The number of amides is 1. The fraction of sp³-hybridized carbons (Fsp3) is 0.240. The smallest absolute Gasteiger partial charge is 0.410 e. The highest BCUT2D eigenvalue weighted by Gasteiger charge is 2.38. The fourth-order valence-electron chi connectivity index (χ4n) is 3.63. The van der Waals surface area contributed by atoms with E-state index >= 15 is 0 Å². The van der Waals surface area contributed by atoms with Crippen LogP contribution in [0.15, 0.2) is 66.0 Å². The van der Waals surface area contributed by atoms with Gasteiger partial charge >= 0.3 is 6.18 Å². The zero-order chi connectivity index (χ0) is 27.0. The molecule has 1 amide bonds. The first-order chi connectivity index (χ1) is 17.3. The lowest BCUT2D eigenvalue weighted by Crippen LogP contribution is -2.24. The number of aromatic nitrogens is 3. The number of halogens is 3. The number of hydrogen-bond acceptors (Lipinski definition) is 6. The normalized spacial score (nSPS) is 12.9. The molecule has 0 saturated heterocycles. The summed E-state index contributed by atoms with van der Waals surface area (Å²) in [4.78, 5) is 16.8. The standard InChI is InChI=1S/C25H23F3N4O4S/c1-15-10-17(11-24(33)31-18-13-30-32(14-18)16(2)25(26,27)28)4-7-22(15)36-23-8-9-29-21-6-5-19(12-20(21)23)37(3,34)35/h4-10,12-14,16H,11H2,1-3H3,(H,31,33). The number of carbonyl (C=O) groups excluding carboxylic acids is 1. The van der Waals surface area contributed by atoms with E-state index in [1.54, 1.807) is 43.5 Å². The maximum absolute atomic E-state index is 12.9. The second kappa shape index (κ2) is 9.85. The average molecular weight is 533 g/mol. The number of benzene rings is 2. The monoisotopic (exact) mass is 532 g/mol. The van der Waals surface area contributed by atoms with E-state index in [1.165, 1.54) is 12.1 Å². The minimum atomic E-state index is -4.45. The minimum absolute atomic E-state index is 0.0168. The molecule has 1 atom stereocenters. The van der Waals surface area contributed by atoms with Crippen molar-refractivity contribution in [3.63, 3.8) is 0 Å². The van der Waals surface area contributed by atoms with E-state index in [9.17, 15) is 26.4 Å². The van der Waals surface area contributed by atoms with Crippen LogP contribution < -0.4 is 10.1 Å². The summed E-state index contributed by atoms with van der Waals surface area (Å²) in [5, 5.41) is 6.76. The third kappa shape index (κ3) is 6.08. The topological polar surface area (TPSA) is 103 Å². The molecule has 0 aliphatic rings. The van der Waals surface area contributed by atoms with Crippen LogP contribution in [0.3, 0.4) is 0 Å². The van der Waals surface area contributed by atoms with E-state index in [1.807, 2.05) is 0 Å². The van der Waals surface area contributed by atoms with Gasteiger partial charge in [-0.3, -0.25) is 14.5 Å². The van der Waals surface area contributed by atoms with Gasteiger partial charge in [0.1, 0.15) is 17.5 Å². The van der Waals surface area contributed by atoms with Gasteiger partial charge in [-0.2, -0.15) is 18.3 Å². The number of pyridine rings is 1. The molecule has 0 fully saturated rings. The van der Waals surface area contributed by atoms with Gasteiger partial charge < -0.3 is 10.1 Å². The molecule has 2 heterocycles. The van der Waals surface area contributed by atoms with Gasteiger partial charge in [0, 0.05) is 24.0 Å². The molecule has 1 unspecified atom stereocenters. The van der Waals surface area contributed by atoms with Crippen molar-refractivity contribution in [2.45, 2.75) is 37.4 Å². The number of sulfone groups is 1. The molecule has 8 nitrogen and oxygen atoms in total. The van der Waals surface area contributed by atoms with Gasteiger partial charge in [-0.25, -0.2) is 8.42 Å². The summed E-state index contributed by atoms with van der Waals surface area (Å²) in [6.45, 7) is 2.77. The van der Waals surface area contributed by atoms with Crippen molar-refractivity contribution in [3.8, 4) is 11.5 Å². The van der Waals surface area contributed by atoms with E-state index in [4.69, 9.17) is 4.74 Å². The summed E-state index contributed by atoms with van der Waals surface area (Å²) in [5.74, 6) is 0.513. The predicted molar refractivity (Wildman–Crippen MR) is 131 cm³/mol. The Labute approximate surface area is 211 Å². The van der Waals surface area contributed by atoms with Crippen molar-refractivity contribution in [2.24, 2.45) is 0 Å². The lowest BCUT2D eigenvalue weighted by molar-refractivity contribution is -0.165. The van der Waals surface area contributed by atoms with Crippen LogP contribution in [0.25, 0.3) is 10.9 Å². The predicted octanol–water partition coefficient (Wildman–Crippen LogP) is 5.24. The molecule has 194 valence electrons. The number of ether oxygens (including phenoxy) is 1. The summed E-state index contributed by atoms with van der Waals surface area (Å²) in [5.41, 5.74) is 2.12. The summed E-state index contributed by atoms with van der Waals surface area (Å²) in [6.07, 6.45) is 0.510. The van der Waals surface area contributed by atoms with E-state index in [2.05, 4.69) is 15.4 Å². The molecule has 0 bridgehead atoms. The summed E-state index contributed by atoms with van der Waals surface area (Å²) in [6, 6.07) is 9.57. The van der Waals surface area contributed by atoms with Crippen molar-refractivity contribution >= 4 is 32.3 Å². The largest absolute Gasteiger partial charge is 0.456 e. The molecule has 0 aliphatic heterocycles. The highest BCUT2D eigenvalue weighted by molar-refractivity contribution is 7.90. The molecule has 2 aromatic carbocycles. The van der Waals surface area contributed by atoms with Crippen molar-refractivity contribution in [1.29, 1.82) is 0 Å². The first-order valence-electron chi connectivity index (χ1n) is 11.1. The Morgan fingerprint density at radius 1 is 1.14 bits per heavy atom. The Morgan fingerprint density at radius 3 is 2.57 bits per heavy atom. The molecule has 0 radical (unpaired) electrons. The SMILES string of the molecule is Cc1cc(CC(=O)Nc2cnn(C(C)C(F)(F)F)c2)ccc1Oc1ccnc2ccc(S(C)(=O)=O)cc12. The molecule has 2 aromatic heterocycles. The van der Waals surface area contributed by atoms with Crippen LogP contribution >= 0.6 is 0 Å². The number of rotatable bonds is 7. The average Bonchev–Trinajstić information content (AvgIpc) is 3.27. The quantitative estimate of drug-likeness (QED) is 0.349. The molecule has 4 aromatic rings. The van der Waals surface area contributed by atoms with Crippen LogP contribution in [-0.4, -0.2) is 41.5 Å². The fourth-order valence-corrected chi connectivity index (χ4v) is 4.28. The van der Waals surface area contributed by atoms with Gasteiger partial charge in [0.15, 0.2) is 9.84 Å². The molecule has 1 N–H and O–H groups in total. The molecule has 0 aliphatic carbocycles. The van der Waals surface area contributed by atoms with Gasteiger partial charge in [-0.1, -0.05) is 12.1 Å². The number of nitrogens with zero attached hydrogens (tertiary/aromatic N) is 3. The van der Waals surface area contributed by atoms with Crippen LogP contribution in [0.2, 0.25) is 0 Å². The lowest BCUT2D eigenvalue weighted by Gasteiger charge is -2.15. The zero-order valence-corrected chi connectivity index (χ0v) is 20.9. The second-order valence-corrected chi connectivity index (χ2v) is 10.6. The molecular formula is C25H23F3N4O4S. The van der Waals surface area contributed by atoms with E-state index in [-0.39, 0.29) is 17.0 Å². The van der Waals surface area contributed by atoms with Gasteiger partial charge in [0.05, 0.1) is 28.7 Å². The number of aryl methyl sites for hydroxylation is 1. The Balaban J connectivity index is 1.47. The third-order valence-corrected chi connectivity index (χ3v) is 6.79. The van der Waals surface area contributed by atoms with Gasteiger partial charge in [0.25, 0.3) is 0 Å². The van der Waals surface area contributed by atoms with Crippen LogP contribution in [0.5, 0.6) is 11.5 Å². The summed E-state index contributed by atoms with van der Waals surface area (Å²) < 4.78 is 69.3. The van der Waals surface area contributed by atoms with Gasteiger partial charge in [-0.15, -0.1) is 0 Å². The number of alkyl halides is 3. The Morgan fingerprint density at radius 2 is 1.89 bits per heavy atom. The summed E-state index contributed by atoms with van der Waals surface area (Å²) >= 11 is 0. The van der Waals surface area contributed by atoms with Crippen molar-refractivity contribution in [2.75, 3.05) is 11.6 Å². The first kappa shape index (κ1) is 26.1. The lowest BCUT2D eigenvalue weighted by atomic mass is 10.1. The van der Waals surface area contributed by atoms with E-state index in [0.717, 1.165) is 35.8 Å². The van der Waals surface area contributed by atoms with Crippen LogP contribution in [0.1, 0.15) is 24.1 Å². The van der Waals surface area contributed by atoms with E-state index in [0.29, 0.717) is 28.0 Å². The summed E-state index contributed by atoms with van der Waals surface area (Å²) in [7, 11) is -3.42. The number of nitrogens with one attached hydrogen (secondary N) is 1. The highest BCUT2D eigenvalue weighted by Crippen LogP contribution is 2.33. The van der Waals surface area contributed by atoms with Gasteiger partial charge in [0.2, 0.25) is 5.91 Å². The van der Waals surface area contributed by atoms with Gasteiger partial charge in [-0.05, 0) is 55.3 Å². The minimum Gasteiger partial charge on any atom is -0.456 e. The number of carbonyl (C=O) groups is 1. The van der Waals surface area contributed by atoms with Crippen LogP contribution in [-0.2, 0) is 21.1 Å². The molecule has 0 spiro atoms. The van der Waals surface area contributed by atoms with Crippen LogP contribution in [0, 0.1) is 6.92 Å². The van der Waals surface area contributed by atoms with Crippen LogP contribution in [0.4, 0.5) is 18.9 Å². The number of hydrogen-bond donors (Lipinski definition) is 1. The van der Waals surface area contributed by atoms with Crippen molar-refractivity contribution in [3.05, 3.63) is 72.2 Å². The first-order valence-corrected chi connectivity index (χ1v) is 13.0. The number of fused-ring (bicyclic) bond motifs is 1. The Bertz CT molecular complexity index is 1580. The molecule has 12 heteroatoms. The Hall–Kier alpha value is -3.93. The molecule has 4 rings (SSSR count). The third-order valence-electron chi connectivity index (χ3n) is 5.68. The molecule has 0 saturated carbocycles. The Kier molecular flexibility index (Phi) is 6.96. The molecule has 37 heavy (non-hydrogen) atoms. The van der Waals surface area contributed by atoms with Crippen molar-refractivity contribution < 1.29 is 31.1 Å². The second-order valence-electron chi connectivity index (χ2n) is 8.61. The zero-order valence-electron chi connectivity index (χ0n) is 20.1. The molecular weight excluding hydrogens is 509 g/mol. The highest BCUT2D eigenvalue weighted by atomic mass is 32.2. The maximum atomic E-state index is 12.9.